The minimum absolute atomic E-state index is 0.161. The van der Waals surface area contributed by atoms with Crippen LogP contribution >= 0.6 is 0 Å². The molecule has 0 aliphatic rings. The Labute approximate surface area is 135 Å². The van der Waals surface area contributed by atoms with Crippen LogP contribution in [0.2, 0.25) is 0 Å². The van der Waals surface area contributed by atoms with Gasteiger partial charge in [-0.2, -0.15) is 5.01 Å². The maximum absolute atomic E-state index is 12.2. The van der Waals surface area contributed by atoms with Crippen LogP contribution < -0.4 is 15.2 Å². The van der Waals surface area contributed by atoms with Gasteiger partial charge in [0.05, 0.1) is 20.3 Å². The molecule has 0 unspecified atom stereocenters. The van der Waals surface area contributed by atoms with Gasteiger partial charge < -0.3 is 14.2 Å². The van der Waals surface area contributed by atoms with Crippen molar-refractivity contribution >= 4 is 17.9 Å². The predicted molar refractivity (Wildman–Crippen MR) is 86.6 cm³/mol. The molecule has 0 aliphatic carbocycles. The summed E-state index contributed by atoms with van der Waals surface area (Å²) in [6.45, 7) is 7.36. The molecule has 0 aliphatic heterocycles. The summed E-state index contributed by atoms with van der Waals surface area (Å²) in [6.07, 6.45) is 0.831. The molecule has 1 N–H and O–H groups in total. The van der Waals surface area contributed by atoms with Crippen LogP contribution in [0.5, 0.6) is 5.75 Å². The molecule has 0 heterocycles. The van der Waals surface area contributed by atoms with Crippen LogP contribution in [0, 0.1) is 0 Å². The second kappa shape index (κ2) is 9.34. The number of benzene rings is 1. The van der Waals surface area contributed by atoms with Crippen LogP contribution in [0.3, 0.4) is 0 Å². The molecule has 1 aromatic rings. The smallest absolute Gasteiger partial charge is 0.433 e. The first-order chi connectivity index (χ1) is 11.1. The van der Waals surface area contributed by atoms with Crippen LogP contribution in [-0.2, 0) is 15.9 Å². The maximum Gasteiger partial charge on any atom is 0.433 e. The highest BCUT2D eigenvalue weighted by atomic mass is 16.6. The number of hydrogen-bond acceptors (Lipinski definition) is 5. The van der Waals surface area contributed by atoms with Crippen molar-refractivity contribution in [1.29, 1.82) is 0 Å². The highest BCUT2D eigenvalue weighted by Gasteiger charge is 2.24. The lowest BCUT2D eigenvalue weighted by Gasteiger charge is -2.24. The van der Waals surface area contributed by atoms with Crippen molar-refractivity contribution in [3.63, 3.8) is 0 Å². The number of rotatable bonds is 6. The number of ether oxygens (including phenoxy) is 3. The van der Waals surface area contributed by atoms with Gasteiger partial charge in [-0.05, 0) is 38.0 Å². The van der Waals surface area contributed by atoms with E-state index >= 15 is 0 Å². The molecular formula is C16H22N2O5. The first-order valence-electron chi connectivity index (χ1n) is 7.25. The third-order valence-electron chi connectivity index (χ3n) is 2.79. The normalized spacial score (nSPS) is 9.70. The zero-order valence-corrected chi connectivity index (χ0v) is 13.6. The van der Waals surface area contributed by atoms with Crippen molar-refractivity contribution in [2.75, 3.05) is 25.3 Å². The minimum atomic E-state index is -0.767. The Morgan fingerprint density at radius 3 is 2.52 bits per heavy atom. The first-order valence-corrected chi connectivity index (χ1v) is 7.25. The molecule has 0 atom stereocenters. The van der Waals surface area contributed by atoms with E-state index in [1.165, 1.54) is 7.11 Å². The second-order valence-electron chi connectivity index (χ2n) is 4.37. The predicted octanol–water partition coefficient (Wildman–Crippen LogP) is 3.05. The van der Waals surface area contributed by atoms with Crippen LogP contribution in [0.4, 0.5) is 15.3 Å². The van der Waals surface area contributed by atoms with Crippen molar-refractivity contribution in [2.45, 2.75) is 20.3 Å². The summed E-state index contributed by atoms with van der Waals surface area (Å²) in [6, 6.07) is 5.26. The molecule has 0 saturated carbocycles. The maximum atomic E-state index is 12.2. The highest BCUT2D eigenvalue weighted by Crippen LogP contribution is 2.29. The third kappa shape index (κ3) is 5.21. The fraction of sp³-hybridized carbons (Fsp3) is 0.375. The topological polar surface area (TPSA) is 77.1 Å². The van der Waals surface area contributed by atoms with Gasteiger partial charge in [0.15, 0.2) is 0 Å². The molecule has 7 heteroatoms. The molecule has 23 heavy (non-hydrogen) atoms. The number of anilines is 1. The summed E-state index contributed by atoms with van der Waals surface area (Å²) in [4.78, 5) is 23.9. The fourth-order valence-electron chi connectivity index (χ4n) is 1.85. The Balaban J connectivity index is 3.21. The molecule has 2 amide bonds. The molecule has 0 bridgehead atoms. The average molecular weight is 322 g/mol. The summed E-state index contributed by atoms with van der Waals surface area (Å²) >= 11 is 0. The van der Waals surface area contributed by atoms with Crippen molar-refractivity contribution in [1.82, 2.24) is 5.43 Å². The summed E-state index contributed by atoms with van der Waals surface area (Å²) < 4.78 is 15.1. The van der Waals surface area contributed by atoms with E-state index in [1.807, 2.05) is 6.07 Å². The summed E-state index contributed by atoms with van der Waals surface area (Å²) in [5.74, 6) is 0.405. The Kier molecular flexibility index (Phi) is 7.45. The zero-order valence-electron chi connectivity index (χ0n) is 13.6. The first kappa shape index (κ1) is 18.3. The van der Waals surface area contributed by atoms with E-state index in [-0.39, 0.29) is 13.2 Å². The Bertz CT molecular complexity index is 559. The van der Waals surface area contributed by atoms with Gasteiger partial charge >= 0.3 is 12.2 Å². The number of carbonyl (C=O) groups excluding carboxylic acids is 2. The monoisotopic (exact) mass is 322 g/mol. The van der Waals surface area contributed by atoms with Gasteiger partial charge in [0.1, 0.15) is 11.4 Å². The lowest BCUT2D eigenvalue weighted by atomic mass is 10.1. The van der Waals surface area contributed by atoms with Gasteiger partial charge in [-0.15, -0.1) is 6.58 Å². The van der Waals surface area contributed by atoms with Gasteiger partial charge in [0.2, 0.25) is 0 Å². The van der Waals surface area contributed by atoms with Crippen molar-refractivity contribution < 1.29 is 23.8 Å². The van der Waals surface area contributed by atoms with Crippen LogP contribution in [0.15, 0.2) is 30.9 Å². The zero-order chi connectivity index (χ0) is 17.2. The van der Waals surface area contributed by atoms with E-state index in [4.69, 9.17) is 14.2 Å². The van der Waals surface area contributed by atoms with E-state index in [0.717, 1.165) is 10.6 Å². The minimum Gasteiger partial charge on any atom is -0.494 e. The quantitative estimate of drug-likeness (QED) is 0.643. The molecule has 1 aromatic carbocycles. The number of nitrogens with zero attached hydrogens (tertiary/aromatic N) is 1. The molecule has 0 saturated heterocycles. The molecule has 0 radical (unpaired) electrons. The highest BCUT2D eigenvalue weighted by molar-refractivity contribution is 5.92. The number of allylic oxidation sites excluding steroid dienone is 1. The van der Waals surface area contributed by atoms with E-state index in [0.29, 0.717) is 17.9 Å². The Hall–Kier alpha value is -2.70. The van der Waals surface area contributed by atoms with E-state index < -0.39 is 12.2 Å². The van der Waals surface area contributed by atoms with Gasteiger partial charge in [-0.25, -0.2) is 15.0 Å². The van der Waals surface area contributed by atoms with Gasteiger partial charge in [0.25, 0.3) is 0 Å². The number of carbonyl (C=O) groups is 2. The van der Waals surface area contributed by atoms with Gasteiger partial charge in [-0.3, -0.25) is 0 Å². The average Bonchev–Trinajstić information content (AvgIpc) is 2.53. The van der Waals surface area contributed by atoms with Crippen molar-refractivity contribution in [2.24, 2.45) is 0 Å². The van der Waals surface area contributed by atoms with Crippen molar-refractivity contribution in [3.8, 4) is 5.75 Å². The van der Waals surface area contributed by atoms with Gasteiger partial charge in [-0.1, -0.05) is 12.1 Å². The number of methoxy groups -OCH3 is 1. The largest absolute Gasteiger partial charge is 0.494 e. The molecular weight excluding hydrogens is 300 g/mol. The Morgan fingerprint density at radius 2 is 1.96 bits per heavy atom. The number of nitrogens with one attached hydrogen (secondary N) is 1. The molecule has 7 nitrogen and oxygen atoms in total. The molecule has 126 valence electrons. The van der Waals surface area contributed by atoms with Crippen LogP contribution in [0.1, 0.15) is 19.4 Å². The van der Waals surface area contributed by atoms with Crippen molar-refractivity contribution in [3.05, 3.63) is 36.4 Å². The fourth-order valence-corrected chi connectivity index (χ4v) is 1.85. The number of hydrogen-bond donors (Lipinski definition) is 1. The molecule has 0 aromatic heterocycles. The van der Waals surface area contributed by atoms with E-state index in [9.17, 15) is 9.59 Å². The number of hydrazine groups is 1. The summed E-state index contributed by atoms with van der Waals surface area (Å²) in [5, 5.41) is 0.965. The van der Waals surface area contributed by atoms with Crippen LogP contribution in [-0.4, -0.2) is 32.5 Å². The molecule has 0 fully saturated rings. The van der Waals surface area contributed by atoms with E-state index in [2.05, 4.69) is 12.0 Å². The lowest BCUT2D eigenvalue weighted by molar-refractivity contribution is 0.138. The van der Waals surface area contributed by atoms with Gasteiger partial charge in [0, 0.05) is 0 Å². The standard InChI is InChI=1S/C16H22N2O5/c1-5-8-12-9-10-14(21-4)13(11-12)18(16(20)23-7-3)17-15(19)22-6-2/h5,9-11H,1,6-8H2,2-4H3,(H,17,19). The SMILES string of the molecule is C=CCc1ccc(OC)c(N(NC(=O)OCC)C(=O)OCC)c1. The van der Waals surface area contributed by atoms with E-state index in [1.54, 1.807) is 32.1 Å². The summed E-state index contributed by atoms with van der Waals surface area (Å²) in [7, 11) is 1.47. The Morgan fingerprint density at radius 1 is 1.26 bits per heavy atom. The molecule has 0 spiro atoms. The third-order valence-corrected chi connectivity index (χ3v) is 2.79. The number of amides is 2. The van der Waals surface area contributed by atoms with Crippen LogP contribution in [0.25, 0.3) is 0 Å². The lowest BCUT2D eigenvalue weighted by Crippen LogP contribution is -2.47. The second-order valence-corrected chi connectivity index (χ2v) is 4.37. The summed E-state index contributed by atoms with van der Waals surface area (Å²) in [5.41, 5.74) is 3.60. The molecule has 1 rings (SSSR count).